The van der Waals surface area contributed by atoms with Crippen LogP contribution in [0.25, 0.3) is 0 Å². The van der Waals surface area contributed by atoms with E-state index >= 15 is 0 Å². The summed E-state index contributed by atoms with van der Waals surface area (Å²) in [4.78, 5) is 16.4. The van der Waals surface area contributed by atoms with E-state index in [9.17, 15) is 10.1 Å². The highest BCUT2D eigenvalue weighted by Gasteiger charge is 2.17. The second kappa shape index (κ2) is 4.08. The van der Waals surface area contributed by atoms with E-state index in [2.05, 4.69) is 15.3 Å². The number of aromatic nitrogens is 2. The first-order valence-corrected chi connectivity index (χ1v) is 4.46. The third kappa shape index (κ3) is 2.21. The SMILES string of the molecule is CC(C)C(C)Nc1nc[nH]c1[N+](=O)[O-]. The standard InChI is InChI=1S/C8H14N4O2/c1-5(2)6(3)11-7-8(12(13)14)10-4-9-7/h4-6,11H,1-3H3,(H,9,10). The maximum Gasteiger partial charge on any atom is 0.364 e. The molecule has 0 aromatic carbocycles. The molecule has 14 heavy (non-hydrogen) atoms. The Labute approximate surface area is 81.9 Å². The summed E-state index contributed by atoms with van der Waals surface area (Å²) in [6.07, 6.45) is 1.31. The number of imidazole rings is 1. The van der Waals surface area contributed by atoms with Crippen molar-refractivity contribution in [2.24, 2.45) is 5.92 Å². The van der Waals surface area contributed by atoms with Crippen molar-refractivity contribution >= 4 is 11.6 Å². The first-order chi connectivity index (χ1) is 6.52. The molecule has 0 amide bonds. The zero-order valence-corrected chi connectivity index (χ0v) is 8.44. The molecule has 0 radical (unpaired) electrons. The summed E-state index contributed by atoms with van der Waals surface area (Å²) >= 11 is 0. The molecule has 6 nitrogen and oxygen atoms in total. The topological polar surface area (TPSA) is 83.8 Å². The molecular formula is C8H14N4O2. The van der Waals surface area contributed by atoms with Gasteiger partial charge >= 0.3 is 5.82 Å². The zero-order chi connectivity index (χ0) is 10.7. The molecule has 78 valence electrons. The number of aromatic amines is 1. The van der Waals surface area contributed by atoms with Gasteiger partial charge in [-0.1, -0.05) is 13.8 Å². The average molecular weight is 198 g/mol. The number of hydrogen-bond acceptors (Lipinski definition) is 4. The van der Waals surface area contributed by atoms with Gasteiger partial charge in [0.2, 0.25) is 5.82 Å². The van der Waals surface area contributed by atoms with Gasteiger partial charge in [-0.15, -0.1) is 0 Å². The zero-order valence-electron chi connectivity index (χ0n) is 8.44. The van der Waals surface area contributed by atoms with Crippen LogP contribution < -0.4 is 5.32 Å². The van der Waals surface area contributed by atoms with Gasteiger partial charge in [0.15, 0.2) is 6.33 Å². The van der Waals surface area contributed by atoms with Crippen LogP contribution in [0.15, 0.2) is 6.33 Å². The minimum atomic E-state index is -0.484. The van der Waals surface area contributed by atoms with E-state index in [1.165, 1.54) is 6.33 Å². The Morgan fingerprint density at radius 2 is 2.21 bits per heavy atom. The molecule has 0 aliphatic heterocycles. The highest BCUT2D eigenvalue weighted by atomic mass is 16.6. The van der Waals surface area contributed by atoms with Crippen molar-refractivity contribution in [1.29, 1.82) is 0 Å². The molecule has 0 fully saturated rings. The van der Waals surface area contributed by atoms with Gasteiger partial charge in [-0.05, 0) is 17.8 Å². The minimum absolute atomic E-state index is 0.0856. The van der Waals surface area contributed by atoms with Crippen LogP contribution in [0, 0.1) is 16.0 Å². The molecule has 2 N–H and O–H groups in total. The summed E-state index contributed by atoms with van der Waals surface area (Å²) in [5.74, 6) is 0.611. The molecule has 0 aliphatic rings. The van der Waals surface area contributed by atoms with Crippen molar-refractivity contribution in [3.63, 3.8) is 0 Å². The van der Waals surface area contributed by atoms with Crippen LogP contribution in [-0.2, 0) is 0 Å². The quantitative estimate of drug-likeness (QED) is 0.570. The van der Waals surface area contributed by atoms with Gasteiger partial charge in [-0.2, -0.15) is 4.98 Å². The predicted octanol–water partition coefficient (Wildman–Crippen LogP) is 1.77. The lowest BCUT2D eigenvalue weighted by Gasteiger charge is -2.16. The van der Waals surface area contributed by atoms with Crippen molar-refractivity contribution in [2.75, 3.05) is 5.32 Å². The Kier molecular flexibility index (Phi) is 3.06. The monoisotopic (exact) mass is 198 g/mol. The Morgan fingerprint density at radius 3 is 2.71 bits per heavy atom. The molecule has 1 rings (SSSR count). The fraction of sp³-hybridized carbons (Fsp3) is 0.625. The molecule has 1 heterocycles. The van der Waals surface area contributed by atoms with E-state index in [0.29, 0.717) is 11.7 Å². The van der Waals surface area contributed by atoms with E-state index < -0.39 is 4.92 Å². The maximum atomic E-state index is 10.5. The van der Waals surface area contributed by atoms with Crippen LogP contribution in [0.2, 0.25) is 0 Å². The number of rotatable bonds is 4. The second-order valence-electron chi connectivity index (χ2n) is 3.53. The number of nitrogens with one attached hydrogen (secondary N) is 2. The van der Waals surface area contributed by atoms with E-state index in [1.807, 2.05) is 20.8 Å². The Hall–Kier alpha value is -1.59. The third-order valence-corrected chi connectivity index (χ3v) is 2.17. The van der Waals surface area contributed by atoms with Crippen LogP contribution in [0.5, 0.6) is 0 Å². The Morgan fingerprint density at radius 1 is 1.57 bits per heavy atom. The lowest BCUT2D eigenvalue weighted by molar-refractivity contribution is -0.388. The number of nitrogens with zero attached hydrogens (tertiary/aromatic N) is 2. The van der Waals surface area contributed by atoms with Gasteiger partial charge < -0.3 is 15.4 Å². The molecule has 0 spiro atoms. The van der Waals surface area contributed by atoms with Crippen LogP contribution in [-0.4, -0.2) is 20.9 Å². The van der Waals surface area contributed by atoms with E-state index in [4.69, 9.17) is 0 Å². The predicted molar refractivity (Wildman–Crippen MR) is 53.2 cm³/mol. The molecule has 0 saturated heterocycles. The van der Waals surface area contributed by atoms with Crippen molar-refractivity contribution in [1.82, 2.24) is 9.97 Å². The summed E-state index contributed by atoms with van der Waals surface area (Å²) in [5, 5.41) is 13.5. The van der Waals surface area contributed by atoms with Gasteiger partial charge in [0.05, 0.1) is 0 Å². The van der Waals surface area contributed by atoms with E-state index in [0.717, 1.165) is 0 Å². The van der Waals surface area contributed by atoms with Gasteiger partial charge in [-0.3, -0.25) is 0 Å². The summed E-state index contributed by atoms with van der Waals surface area (Å²) in [5.41, 5.74) is 0. The lowest BCUT2D eigenvalue weighted by atomic mass is 10.1. The average Bonchev–Trinajstić information content (AvgIpc) is 2.52. The van der Waals surface area contributed by atoms with Gasteiger partial charge in [0.1, 0.15) is 0 Å². The number of anilines is 1. The van der Waals surface area contributed by atoms with Crippen LogP contribution in [0.4, 0.5) is 11.6 Å². The van der Waals surface area contributed by atoms with Crippen molar-refractivity contribution in [2.45, 2.75) is 26.8 Å². The normalized spacial score (nSPS) is 12.9. The molecule has 0 bridgehead atoms. The molecule has 6 heteroatoms. The maximum absolute atomic E-state index is 10.5. The summed E-state index contributed by atoms with van der Waals surface area (Å²) in [6.45, 7) is 6.04. The molecule has 1 atom stereocenters. The third-order valence-electron chi connectivity index (χ3n) is 2.17. The number of H-pyrrole nitrogens is 1. The fourth-order valence-electron chi connectivity index (χ4n) is 0.915. The van der Waals surface area contributed by atoms with Crippen LogP contribution >= 0.6 is 0 Å². The summed E-state index contributed by atoms with van der Waals surface area (Å²) in [7, 11) is 0. The lowest BCUT2D eigenvalue weighted by Crippen LogP contribution is -2.22. The molecule has 1 unspecified atom stereocenters. The molecule has 1 aromatic rings. The highest BCUT2D eigenvalue weighted by Crippen LogP contribution is 2.20. The Balaban J connectivity index is 2.76. The summed E-state index contributed by atoms with van der Waals surface area (Å²) < 4.78 is 0. The van der Waals surface area contributed by atoms with E-state index in [-0.39, 0.29) is 11.9 Å². The van der Waals surface area contributed by atoms with E-state index in [1.54, 1.807) is 0 Å². The van der Waals surface area contributed by atoms with Crippen LogP contribution in [0.1, 0.15) is 20.8 Å². The number of nitro groups is 1. The second-order valence-corrected chi connectivity index (χ2v) is 3.53. The number of hydrogen-bond donors (Lipinski definition) is 2. The smallest absolute Gasteiger partial charge is 0.360 e. The largest absolute Gasteiger partial charge is 0.364 e. The molecule has 1 aromatic heterocycles. The van der Waals surface area contributed by atoms with Crippen molar-refractivity contribution < 1.29 is 4.92 Å². The van der Waals surface area contributed by atoms with Gasteiger partial charge in [0, 0.05) is 6.04 Å². The highest BCUT2D eigenvalue weighted by molar-refractivity contribution is 5.51. The molecule has 0 saturated carbocycles. The first-order valence-electron chi connectivity index (χ1n) is 4.46. The van der Waals surface area contributed by atoms with Gasteiger partial charge in [-0.25, -0.2) is 4.98 Å². The van der Waals surface area contributed by atoms with Crippen molar-refractivity contribution in [3.05, 3.63) is 16.4 Å². The minimum Gasteiger partial charge on any atom is -0.360 e. The summed E-state index contributed by atoms with van der Waals surface area (Å²) in [6, 6.07) is 0.150. The van der Waals surface area contributed by atoms with Crippen molar-refractivity contribution in [3.8, 4) is 0 Å². The van der Waals surface area contributed by atoms with Gasteiger partial charge in [0.25, 0.3) is 0 Å². The van der Waals surface area contributed by atoms with Crippen LogP contribution in [0.3, 0.4) is 0 Å². The fourth-order valence-corrected chi connectivity index (χ4v) is 0.915. The first kappa shape index (κ1) is 10.5. The molecule has 0 aliphatic carbocycles. The molecular weight excluding hydrogens is 184 g/mol. The Bertz CT molecular complexity index is 321.